The lowest BCUT2D eigenvalue weighted by Gasteiger charge is -1.94. The van der Waals surface area contributed by atoms with E-state index >= 15 is 0 Å². The normalized spacial score (nSPS) is 8.58. The molecule has 1 heterocycles. The summed E-state index contributed by atoms with van der Waals surface area (Å²) in [5.74, 6) is 0.876. The molecule has 5 heteroatoms. The first-order valence-electron chi connectivity index (χ1n) is 3.25. The van der Waals surface area contributed by atoms with Crippen LogP contribution in [-0.2, 0) is 6.42 Å². The van der Waals surface area contributed by atoms with Crippen LogP contribution in [0.5, 0.6) is 0 Å². The van der Waals surface area contributed by atoms with Gasteiger partial charge in [0.15, 0.2) is 0 Å². The molecular weight excluding hydrogens is 154 g/mol. The lowest BCUT2D eigenvalue weighted by molar-refractivity contribution is 0.876. The van der Waals surface area contributed by atoms with Crippen LogP contribution in [0.15, 0.2) is 0 Å². The van der Waals surface area contributed by atoms with Gasteiger partial charge in [-0.25, -0.2) is 15.0 Å². The van der Waals surface area contributed by atoms with E-state index in [1.54, 1.807) is 13.0 Å². The van der Waals surface area contributed by atoms with Gasteiger partial charge < -0.3 is 0 Å². The summed E-state index contributed by atoms with van der Waals surface area (Å²) < 4.78 is 0. The Bertz CT molecular complexity index is 370. The summed E-state index contributed by atoms with van der Waals surface area (Å²) in [6.07, 6.45) is 0.109. The van der Waals surface area contributed by atoms with Crippen LogP contribution in [0.2, 0.25) is 0 Å². The van der Waals surface area contributed by atoms with Crippen molar-refractivity contribution in [2.75, 3.05) is 0 Å². The minimum Gasteiger partial charge on any atom is -0.217 e. The smallest absolute Gasteiger partial charge is 0.217 e. The van der Waals surface area contributed by atoms with E-state index in [1.807, 2.05) is 6.07 Å². The Hall–Kier alpha value is -2.01. The molecule has 0 aromatic carbocycles. The highest BCUT2D eigenvalue weighted by Crippen LogP contribution is 1.94. The number of hydrogen-bond acceptors (Lipinski definition) is 5. The average Bonchev–Trinajstić information content (AvgIpc) is 2.04. The van der Waals surface area contributed by atoms with Crippen LogP contribution in [0.25, 0.3) is 0 Å². The fraction of sp³-hybridized carbons (Fsp3) is 0.286. The van der Waals surface area contributed by atoms with Crippen LogP contribution in [0.1, 0.15) is 17.5 Å². The van der Waals surface area contributed by atoms with Gasteiger partial charge in [-0.2, -0.15) is 10.5 Å². The van der Waals surface area contributed by atoms with Crippen LogP contribution < -0.4 is 0 Å². The van der Waals surface area contributed by atoms with Crippen LogP contribution in [-0.4, -0.2) is 15.0 Å². The first-order valence-corrected chi connectivity index (χ1v) is 3.25. The summed E-state index contributed by atoms with van der Waals surface area (Å²) in [5.41, 5.74) is 0. The van der Waals surface area contributed by atoms with Crippen LogP contribution in [0.4, 0.5) is 0 Å². The molecule has 58 valence electrons. The molecule has 0 N–H and O–H groups in total. The van der Waals surface area contributed by atoms with Gasteiger partial charge in [0.05, 0.1) is 12.5 Å². The highest BCUT2D eigenvalue weighted by Gasteiger charge is 2.01. The van der Waals surface area contributed by atoms with Crippen LogP contribution in [0, 0.1) is 29.6 Å². The van der Waals surface area contributed by atoms with Crippen molar-refractivity contribution in [3.05, 3.63) is 17.5 Å². The molecule has 0 radical (unpaired) electrons. The van der Waals surface area contributed by atoms with E-state index in [4.69, 9.17) is 10.5 Å². The third-order valence-corrected chi connectivity index (χ3v) is 1.13. The predicted octanol–water partition coefficient (Wildman–Crippen LogP) is 0.118. The Kier molecular flexibility index (Phi) is 2.29. The summed E-state index contributed by atoms with van der Waals surface area (Å²) in [7, 11) is 0. The van der Waals surface area contributed by atoms with Crippen LogP contribution >= 0.6 is 0 Å². The number of nitrogens with zero attached hydrogens (tertiary/aromatic N) is 5. The zero-order valence-corrected chi connectivity index (χ0v) is 6.44. The van der Waals surface area contributed by atoms with Gasteiger partial charge in [-0.3, -0.25) is 0 Å². The molecule has 1 aromatic heterocycles. The average molecular weight is 159 g/mol. The standard InChI is InChI=1S/C7H5N5/c1-5-10-6(2-3-8)12-7(4-9)11-5/h2H2,1H3. The Balaban J connectivity index is 3.10. The fourth-order valence-electron chi connectivity index (χ4n) is 0.737. The third-order valence-electron chi connectivity index (χ3n) is 1.13. The molecule has 0 fully saturated rings. The molecule has 0 aliphatic heterocycles. The largest absolute Gasteiger partial charge is 0.235 e. The van der Waals surface area contributed by atoms with E-state index in [0.717, 1.165) is 0 Å². The first-order chi connectivity index (χ1) is 5.76. The fourth-order valence-corrected chi connectivity index (χ4v) is 0.737. The lowest BCUT2D eigenvalue weighted by atomic mass is 10.4. The monoisotopic (exact) mass is 159 g/mol. The van der Waals surface area contributed by atoms with E-state index in [0.29, 0.717) is 11.6 Å². The number of aromatic nitrogens is 3. The number of hydrogen-bond donors (Lipinski definition) is 0. The lowest BCUT2D eigenvalue weighted by Crippen LogP contribution is -2.02. The molecule has 0 spiro atoms. The third kappa shape index (κ3) is 1.74. The molecule has 0 bridgehead atoms. The SMILES string of the molecule is Cc1nc(C#N)nc(CC#N)n1. The topological polar surface area (TPSA) is 86.2 Å². The van der Waals surface area contributed by atoms with E-state index in [2.05, 4.69) is 15.0 Å². The van der Waals surface area contributed by atoms with Gasteiger partial charge in [-0.05, 0) is 6.92 Å². The molecule has 12 heavy (non-hydrogen) atoms. The maximum Gasteiger partial charge on any atom is 0.235 e. The number of aryl methyl sites for hydroxylation is 1. The molecule has 0 saturated heterocycles. The van der Waals surface area contributed by atoms with Gasteiger partial charge in [0.1, 0.15) is 17.7 Å². The van der Waals surface area contributed by atoms with Crippen molar-refractivity contribution in [3.8, 4) is 12.1 Å². The Morgan fingerprint density at radius 2 is 2.00 bits per heavy atom. The zero-order valence-electron chi connectivity index (χ0n) is 6.44. The predicted molar refractivity (Wildman–Crippen MR) is 38.6 cm³/mol. The minimum atomic E-state index is 0.0627. The first kappa shape index (κ1) is 8.09. The molecule has 1 aromatic rings. The van der Waals surface area contributed by atoms with Crippen molar-refractivity contribution >= 4 is 0 Å². The van der Waals surface area contributed by atoms with Gasteiger partial charge in [-0.1, -0.05) is 0 Å². The van der Waals surface area contributed by atoms with Crippen molar-refractivity contribution in [1.82, 2.24) is 15.0 Å². The van der Waals surface area contributed by atoms with Gasteiger partial charge >= 0.3 is 0 Å². The molecule has 0 aliphatic rings. The van der Waals surface area contributed by atoms with Crippen molar-refractivity contribution in [2.24, 2.45) is 0 Å². The maximum atomic E-state index is 8.47. The second kappa shape index (κ2) is 3.40. The second-order valence-corrected chi connectivity index (χ2v) is 2.07. The second-order valence-electron chi connectivity index (χ2n) is 2.07. The van der Waals surface area contributed by atoms with E-state index in [9.17, 15) is 0 Å². The molecule has 1 rings (SSSR count). The molecule has 5 nitrogen and oxygen atoms in total. The Labute approximate surface area is 69.3 Å². The summed E-state index contributed by atoms with van der Waals surface area (Å²) in [6, 6.07) is 3.70. The summed E-state index contributed by atoms with van der Waals surface area (Å²) >= 11 is 0. The Morgan fingerprint density at radius 3 is 2.58 bits per heavy atom. The Morgan fingerprint density at radius 1 is 1.25 bits per heavy atom. The molecule has 0 unspecified atom stereocenters. The van der Waals surface area contributed by atoms with Gasteiger partial charge in [0.25, 0.3) is 0 Å². The molecule has 0 aliphatic carbocycles. The zero-order chi connectivity index (χ0) is 8.97. The van der Waals surface area contributed by atoms with E-state index in [-0.39, 0.29) is 12.2 Å². The summed E-state index contributed by atoms with van der Waals surface area (Å²) in [5, 5.41) is 16.8. The quantitative estimate of drug-likeness (QED) is 0.580. The molecular formula is C7H5N5. The van der Waals surface area contributed by atoms with Gasteiger partial charge in [0, 0.05) is 0 Å². The highest BCUT2D eigenvalue weighted by molar-refractivity contribution is 5.11. The van der Waals surface area contributed by atoms with E-state index in [1.165, 1.54) is 0 Å². The molecule has 0 saturated carbocycles. The number of rotatable bonds is 1. The summed E-state index contributed by atoms with van der Waals surface area (Å²) in [4.78, 5) is 11.4. The van der Waals surface area contributed by atoms with E-state index < -0.39 is 0 Å². The molecule has 0 atom stereocenters. The number of nitriles is 2. The maximum absolute atomic E-state index is 8.47. The summed E-state index contributed by atoms with van der Waals surface area (Å²) in [6.45, 7) is 1.66. The molecule has 0 amide bonds. The van der Waals surface area contributed by atoms with Crippen molar-refractivity contribution in [3.63, 3.8) is 0 Å². The van der Waals surface area contributed by atoms with Gasteiger partial charge in [0.2, 0.25) is 5.82 Å². The van der Waals surface area contributed by atoms with Crippen molar-refractivity contribution in [1.29, 1.82) is 10.5 Å². The van der Waals surface area contributed by atoms with Gasteiger partial charge in [-0.15, -0.1) is 0 Å². The van der Waals surface area contributed by atoms with Crippen LogP contribution in [0.3, 0.4) is 0 Å². The highest BCUT2D eigenvalue weighted by atomic mass is 15.0. The minimum absolute atomic E-state index is 0.0627. The van der Waals surface area contributed by atoms with Crippen molar-refractivity contribution < 1.29 is 0 Å². The van der Waals surface area contributed by atoms with Crippen molar-refractivity contribution in [2.45, 2.75) is 13.3 Å².